The van der Waals surface area contributed by atoms with Crippen LogP contribution >= 0.6 is 0 Å². The lowest BCUT2D eigenvalue weighted by atomic mass is 10.1. The molecule has 0 saturated carbocycles. The summed E-state index contributed by atoms with van der Waals surface area (Å²) in [4.78, 5) is 0. The van der Waals surface area contributed by atoms with Crippen LogP contribution in [-0.4, -0.2) is 15.8 Å². The van der Waals surface area contributed by atoms with Gasteiger partial charge in [0.25, 0.3) is 0 Å². The molecular weight excluding hydrogens is 218 g/mol. The fourth-order valence-electron chi connectivity index (χ4n) is 2.05. The SMILES string of the molecule is N=NN1C2=CC=CCC21Oc1ccccc1O. The Hall–Kier alpha value is -2.30. The molecule has 1 aromatic rings. The molecule has 0 radical (unpaired) electrons. The number of aromatic hydroxyl groups is 1. The minimum atomic E-state index is -0.699. The number of nitrogens with zero attached hydrogens (tertiary/aromatic N) is 2. The molecule has 0 amide bonds. The average molecular weight is 229 g/mol. The van der Waals surface area contributed by atoms with Crippen molar-refractivity contribution in [3.63, 3.8) is 0 Å². The molecule has 0 aromatic heterocycles. The van der Waals surface area contributed by atoms with Gasteiger partial charge in [-0.15, -0.1) is 0 Å². The number of rotatable bonds is 3. The van der Waals surface area contributed by atoms with Gasteiger partial charge in [0, 0.05) is 6.42 Å². The number of allylic oxidation sites excluding steroid dienone is 2. The van der Waals surface area contributed by atoms with Gasteiger partial charge in [-0.1, -0.05) is 29.5 Å². The van der Waals surface area contributed by atoms with Gasteiger partial charge >= 0.3 is 0 Å². The number of phenolic OH excluding ortho intramolecular Hbond substituents is 1. The van der Waals surface area contributed by atoms with Crippen LogP contribution in [0.4, 0.5) is 0 Å². The van der Waals surface area contributed by atoms with Crippen LogP contribution in [0.25, 0.3) is 0 Å². The second-order valence-corrected chi connectivity index (χ2v) is 3.95. The standard InChI is InChI=1S/C12H11N3O2/c13-14-15-11-7-3-4-8-12(11,15)17-10-6-2-1-5-9(10)16/h1-7,13,16H,8H2. The third kappa shape index (κ3) is 1.32. The summed E-state index contributed by atoms with van der Waals surface area (Å²) in [5.41, 5.74) is 7.25. The Morgan fingerprint density at radius 3 is 3.00 bits per heavy atom. The molecule has 5 nitrogen and oxygen atoms in total. The van der Waals surface area contributed by atoms with Crippen LogP contribution in [0, 0.1) is 5.53 Å². The Labute approximate surface area is 98.1 Å². The Morgan fingerprint density at radius 2 is 2.24 bits per heavy atom. The van der Waals surface area contributed by atoms with Crippen LogP contribution in [0.1, 0.15) is 6.42 Å². The lowest BCUT2D eigenvalue weighted by molar-refractivity contribution is 0.111. The first-order valence-corrected chi connectivity index (χ1v) is 5.30. The van der Waals surface area contributed by atoms with E-state index in [0.717, 1.165) is 5.70 Å². The third-order valence-electron chi connectivity index (χ3n) is 2.95. The van der Waals surface area contributed by atoms with Crippen molar-refractivity contribution in [3.05, 3.63) is 48.2 Å². The summed E-state index contributed by atoms with van der Waals surface area (Å²) in [5.74, 6) is 0.493. The predicted molar refractivity (Wildman–Crippen MR) is 60.3 cm³/mol. The van der Waals surface area contributed by atoms with Crippen molar-refractivity contribution in [1.82, 2.24) is 5.01 Å². The molecule has 1 heterocycles. The molecule has 86 valence electrons. The number of fused-ring (bicyclic) bond motifs is 1. The van der Waals surface area contributed by atoms with Gasteiger partial charge in [0.05, 0.1) is 0 Å². The summed E-state index contributed by atoms with van der Waals surface area (Å²) in [6.45, 7) is 0. The Morgan fingerprint density at radius 1 is 1.41 bits per heavy atom. The van der Waals surface area contributed by atoms with Gasteiger partial charge in [-0.05, 0) is 18.2 Å². The molecule has 2 N–H and O–H groups in total. The summed E-state index contributed by atoms with van der Waals surface area (Å²) in [6.07, 6.45) is 6.35. The summed E-state index contributed by atoms with van der Waals surface area (Å²) in [5, 5.41) is 14.6. The molecule has 5 heteroatoms. The van der Waals surface area contributed by atoms with Gasteiger partial charge in [0.15, 0.2) is 11.5 Å². The molecule has 1 fully saturated rings. The van der Waals surface area contributed by atoms with Gasteiger partial charge in [-0.3, -0.25) is 0 Å². The van der Waals surface area contributed by atoms with Gasteiger partial charge < -0.3 is 9.84 Å². The van der Waals surface area contributed by atoms with Gasteiger partial charge in [-0.25, -0.2) is 0 Å². The molecular formula is C12H11N3O2. The monoisotopic (exact) mass is 229 g/mol. The minimum Gasteiger partial charge on any atom is -0.504 e. The average Bonchev–Trinajstić information content (AvgIpc) is 2.99. The summed E-state index contributed by atoms with van der Waals surface area (Å²) in [6, 6.07) is 6.79. The number of benzene rings is 1. The Bertz CT molecular complexity index is 538. The lowest BCUT2D eigenvalue weighted by Gasteiger charge is -2.16. The second-order valence-electron chi connectivity index (χ2n) is 3.95. The van der Waals surface area contributed by atoms with Crippen LogP contribution in [0.15, 0.2) is 53.4 Å². The van der Waals surface area contributed by atoms with Gasteiger partial charge in [0.2, 0.25) is 5.72 Å². The highest BCUT2D eigenvalue weighted by molar-refractivity contribution is 5.45. The molecule has 1 aliphatic carbocycles. The number of phenols is 1. The fraction of sp³-hybridized carbons (Fsp3) is 0.167. The van der Waals surface area contributed by atoms with E-state index in [1.165, 1.54) is 5.01 Å². The molecule has 17 heavy (non-hydrogen) atoms. The predicted octanol–water partition coefficient (Wildman–Crippen LogP) is 2.57. The molecule has 1 atom stereocenters. The van der Waals surface area contributed by atoms with Crippen LogP contribution in [0.2, 0.25) is 0 Å². The van der Waals surface area contributed by atoms with E-state index in [9.17, 15) is 5.11 Å². The van der Waals surface area contributed by atoms with Gasteiger partial charge in [-0.2, -0.15) is 10.5 Å². The zero-order chi connectivity index (χ0) is 11.9. The van der Waals surface area contributed by atoms with E-state index in [2.05, 4.69) is 5.22 Å². The molecule has 2 aliphatic rings. The normalized spacial score (nSPS) is 24.9. The molecule has 1 aromatic carbocycles. The Balaban J connectivity index is 1.92. The van der Waals surface area contributed by atoms with Crippen molar-refractivity contribution < 1.29 is 9.84 Å². The number of hydrogen-bond donors (Lipinski definition) is 2. The molecule has 0 spiro atoms. The maximum absolute atomic E-state index is 9.67. The first-order valence-electron chi connectivity index (χ1n) is 5.30. The molecule has 0 bridgehead atoms. The molecule has 3 rings (SSSR count). The maximum Gasteiger partial charge on any atom is 0.249 e. The third-order valence-corrected chi connectivity index (χ3v) is 2.95. The summed E-state index contributed by atoms with van der Waals surface area (Å²) in [7, 11) is 0. The number of nitrogens with one attached hydrogen (secondary N) is 1. The summed E-state index contributed by atoms with van der Waals surface area (Å²) < 4.78 is 5.79. The zero-order valence-electron chi connectivity index (χ0n) is 9.00. The van der Waals surface area contributed by atoms with Crippen molar-refractivity contribution in [2.75, 3.05) is 0 Å². The first kappa shape index (κ1) is 9.89. The minimum absolute atomic E-state index is 0.0904. The number of para-hydroxylation sites is 2. The van der Waals surface area contributed by atoms with E-state index in [1.54, 1.807) is 24.3 Å². The molecule has 1 unspecified atom stereocenters. The largest absolute Gasteiger partial charge is 0.504 e. The van der Waals surface area contributed by atoms with E-state index in [1.807, 2.05) is 18.2 Å². The second kappa shape index (κ2) is 3.35. The van der Waals surface area contributed by atoms with Crippen molar-refractivity contribution in [3.8, 4) is 11.5 Å². The van der Waals surface area contributed by atoms with Crippen LogP contribution in [0.3, 0.4) is 0 Å². The first-order chi connectivity index (χ1) is 8.28. The highest BCUT2D eigenvalue weighted by atomic mass is 16.5. The quantitative estimate of drug-likeness (QED) is 0.618. The fourth-order valence-corrected chi connectivity index (χ4v) is 2.05. The zero-order valence-corrected chi connectivity index (χ0v) is 9.00. The number of ether oxygens (including phenoxy) is 1. The van der Waals surface area contributed by atoms with Crippen molar-refractivity contribution in [1.29, 1.82) is 5.53 Å². The van der Waals surface area contributed by atoms with Crippen molar-refractivity contribution >= 4 is 0 Å². The lowest BCUT2D eigenvalue weighted by Crippen LogP contribution is -2.24. The highest BCUT2D eigenvalue weighted by Gasteiger charge is 2.62. The topological polar surface area (TPSA) is 68.7 Å². The highest BCUT2D eigenvalue weighted by Crippen LogP contribution is 2.52. The number of hydrogen-bond acceptors (Lipinski definition) is 4. The maximum atomic E-state index is 9.67. The molecule has 1 saturated heterocycles. The Kier molecular flexibility index (Phi) is 1.95. The van der Waals surface area contributed by atoms with E-state index in [0.29, 0.717) is 12.2 Å². The summed E-state index contributed by atoms with van der Waals surface area (Å²) >= 11 is 0. The van der Waals surface area contributed by atoms with Crippen LogP contribution in [-0.2, 0) is 0 Å². The van der Waals surface area contributed by atoms with Gasteiger partial charge in [0.1, 0.15) is 5.70 Å². The van der Waals surface area contributed by atoms with E-state index >= 15 is 0 Å². The van der Waals surface area contributed by atoms with Crippen molar-refractivity contribution in [2.45, 2.75) is 12.1 Å². The van der Waals surface area contributed by atoms with E-state index < -0.39 is 5.72 Å². The van der Waals surface area contributed by atoms with Crippen molar-refractivity contribution in [2.24, 2.45) is 5.22 Å². The van der Waals surface area contributed by atoms with Crippen LogP contribution in [0.5, 0.6) is 11.5 Å². The van der Waals surface area contributed by atoms with E-state index in [-0.39, 0.29) is 5.75 Å². The molecule has 1 aliphatic heterocycles. The van der Waals surface area contributed by atoms with E-state index in [4.69, 9.17) is 10.3 Å². The smallest absolute Gasteiger partial charge is 0.249 e. The van der Waals surface area contributed by atoms with Crippen LogP contribution < -0.4 is 4.74 Å².